The van der Waals surface area contributed by atoms with Gasteiger partial charge in [0.05, 0.1) is 22.8 Å². The average molecular weight is 290 g/mol. The first-order valence-corrected chi connectivity index (χ1v) is 6.83. The molecule has 3 amide bonds. The Morgan fingerprint density at radius 2 is 1.82 bits per heavy atom. The van der Waals surface area contributed by atoms with E-state index in [0.717, 1.165) is 5.56 Å². The second-order valence-corrected chi connectivity index (χ2v) is 5.22. The van der Waals surface area contributed by atoms with Gasteiger partial charge in [-0.05, 0) is 11.6 Å². The Kier molecular flexibility index (Phi) is 2.56. The van der Waals surface area contributed by atoms with Crippen molar-refractivity contribution in [3.63, 3.8) is 0 Å². The van der Waals surface area contributed by atoms with E-state index in [1.807, 2.05) is 30.3 Å². The van der Waals surface area contributed by atoms with Gasteiger partial charge in [-0.15, -0.1) is 0 Å². The van der Waals surface area contributed by atoms with Crippen LogP contribution in [-0.4, -0.2) is 23.4 Å². The second kappa shape index (κ2) is 4.46. The maximum Gasteiger partial charge on any atom is 0.274 e. The van der Waals surface area contributed by atoms with Crippen LogP contribution in [0.3, 0.4) is 0 Å². The Labute approximate surface area is 125 Å². The lowest BCUT2D eigenvalue weighted by atomic mass is 9.85. The number of hydrogen-bond acceptors (Lipinski definition) is 3. The quantitative estimate of drug-likeness (QED) is 0.623. The molecule has 0 bridgehead atoms. The molecule has 0 radical (unpaired) electrons. The van der Waals surface area contributed by atoms with Crippen LogP contribution < -0.4 is 5.32 Å². The molecule has 2 heterocycles. The lowest BCUT2D eigenvalue weighted by Gasteiger charge is -2.14. The maximum atomic E-state index is 12.2. The molecule has 5 nitrogen and oxygen atoms in total. The van der Waals surface area contributed by atoms with Gasteiger partial charge in [-0.2, -0.15) is 0 Å². The highest BCUT2D eigenvalue weighted by molar-refractivity contribution is 6.39. The van der Waals surface area contributed by atoms with Crippen molar-refractivity contribution in [3.8, 4) is 0 Å². The minimum atomic E-state index is -0.484. The standard InChI is InChI=1S/C17H10N2O3/c20-15-11-7-6-10-12(8-9-4-2-1-3-5-9)16(21)18-14(10)13(11)17(22)19-15/h1-8,10H,(H,19,20,22)/b12-8-. The van der Waals surface area contributed by atoms with E-state index in [0.29, 0.717) is 11.3 Å². The first kappa shape index (κ1) is 12.6. The zero-order valence-corrected chi connectivity index (χ0v) is 11.4. The first-order chi connectivity index (χ1) is 10.6. The van der Waals surface area contributed by atoms with Crippen molar-refractivity contribution in [2.75, 3.05) is 0 Å². The molecule has 1 aromatic rings. The number of carbonyl (C=O) groups is 3. The second-order valence-electron chi connectivity index (χ2n) is 5.22. The van der Waals surface area contributed by atoms with Gasteiger partial charge in [0.25, 0.3) is 17.7 Å². The number of nitrogens with zero attached hydrogens (tertiary/aromatic N) is 1. The Bertz CT molecular complexity index is 857. The fraction of sp³-hybridized carbons (Fsp3) is 0.0588. The molecular formula is C17H10N2O3. The number of nitrogens with one attached hydrogen (secondary N) is 1. The molecule has 0 aromatic heterocycles. The van der Waals surface area contributed by atoms with Gasteiger partial charge >= 0.3 is 0 Å². The number of carbonyl (C=O) groups excluding carboxylic acids is 3. The van der Waals surface area contributed by atoms with Gasteiger partial charge in [0, 0.05) is 5.57 Å². The SMILES string of the molecule is O=C1NC(=O)C2=C1C=CC1C2=NC(=O)/C1=C\c1ccccc1. The highest BCUT2D eigenvalue weighted by Crippen LogP contribution is 2.35. The van der Waals surface area contributed by atoms with E-state index in [1.54, 1.807) is 18.2 Å². The number of fused-ring (bicyclic) bond motifs is 2. The third-order valence-electron chi connectivity index (χ3n) is 3.90. The Hall–Kier alpha value is -3.08. The van der Waals surface area contributed by atoms with E-state index in [4.69, 9.17) is 0 Å². The molecule has 1 aliphatic carbocycles. The summed E-state index contributed by atoms with van der Waals surface area (Å²) in [7, 11) is 0. The molecule has 4 rings (SSSR count). The summed E-state index contributed by atoms with van der Waals surface area (Å²) in [5.41, 5.74) is 2.28. The van der Waals surface area contributed by atoms with Gasteiger partial charge in [0.1, 0.15) is 0 Å². The van der Waals surface area contributed by atoms with Crippen molar-refractivity contribution in [2.24, 2.45) is 10.9 Å². The molecule has 2 aliphatic heterocycles. The van der Waals surface area contributed by atoms with Gasteiger partial charge in [0.2, 0.25) is 0 Å². The molecule has 0 fully saturated rings. The predicted molar refractivity (Wildman–Crippen MR) is 79.7 cm³/mol. The van der Waals surface area contributed by atoms with Crippen LogP contribution in [-0.2, 0) is 14.4 Å². The van der Waals surface area contributed by atoms with E-state index in [1.165, 1.54) is 0 Å². The van der Waals surface area contributed by atoms with Crippen molar-refractivity contribution in [2.45, 2.75) is 0 Å². The summed E-state index contributed by atoms with van der Waals surface area (Å²) in [6.07, 6.45) is 5.11. The maximum absolute atomic E-state index is 12.2. The fourth-order valence-electron chi connectivity index (χ4n) is 2.88. The molecule has 106 valence electrons. The van der Waals surface area contributed by atoms with Crippen molar-refractivity contribution in [1.29, 1.82) is 0 Å². The summed E-state index contributed by atoms with van der Waals surface area (Å²) in [6.45, 7) is 0. The van der Waals surface area contributed by atoms with Crippen molar-refractivity contribution < 1.29 is 14.4 Å². The molecule has 22 heavy (non-hydrogen) atoms. The molecule has 1 N–H and O–H groups in total. The van der Waals surface area contributed by atoms with Crippen LogP contribution in [0.1, 0.15) is 5.56 Å². The largest absolute Gasteiger partial charge is 0.288 e. The minimum absolute atomic E-state index is 0.224. The normalized spacial score (nSPS) is 24.5. The molecule has 3 aliphatic rings. The summed E-state index contributed by atoms with van der Waals surface area (Å²) in [5, 5.41) is 2.24. The van der Waals surface area contributed by atoms with E-state index in [-0.39, 0.29) is 23.0 Å². The van der Waals surface area contributed by atoms with Crippen molar-refractivity contribution >= 4 is 29.5 Å². The van der Waals surface area contributed by atoms with E-state index < -0.39 is 11.8 Å². The summed E-state index contributed by atoms with van der Waals surface area (Å²) in [5.74, 6) is -1.66. The van der Waals surface area contributed by atoms with Crippen LogP contribution in [0.25, 0.3) is 6.08 Å². The number of benzene rings is 1. The minimum Gasteiger partial charge on any atom is -0.288 e. The number of hydrogen-bond donors (Lipinski definition) is 1. The molecule has 1 atom stereocenters. The Morgan fingerprint density at radius 3 is 2.59 bits per heavy atom. The molecule has 0 spiro atoms. The molecular weight excluding hydrogens is 280 g/mol. The Morgan fingerprint density at radius 1 is 1.05 bits per heavy atom. The number of amides is 3. The first-order valence-electron chi connectivity index (χ1n) is 6.83. The molecule has 0 saturated heterocycles. The van der Waals surface area contributed by atoms with Gasteiger partial charge < -0.3 is 0 Å². The topological polar surface area (TPSA) is 75.6 Å². The zero-order valence-electron chi connectivity index (χ0n) is 11.4. The number of rotatable bonds is 1. The highest BCUT2D eigenvalue weighted by atomic mass is 16.2. The van der Waals surface area contributed by atoms with Gasteiger partial charge in [-0.3, -0.25) is 19.7 Å². The summed E-state index contributed by atoms with van der Waals surface area (Å²) < 4.78 is 0. The monoisotopic (exact) mass is 290 g/mol. The highest BCUT2D eigenvalue weighted by Gasteiger charge is 2.42. The van der Waals surface area contributed by atoms with Gasteiger partial charge in [0.15, 0.2) is 0 Å². The predicted octanol–water partition coefficient (Wildman–Crippen LogP) is 1.19. The molecule has 1 unspecified atom stereocenters. The number of allylic oxidation sites excluding steroid dienone is 1. The molecule has 5 heteroatoms. The van der Waals surface area contributed by atoms with Crippen LogP contribution in [0.15, 0.2) is 64.2 Å². The van der Waals surface area contributed by atoms with Crippen LogP contribution in [0.4, 0.5) is 0 Å². The number of aliphatic imine (C=N–C) groups is 1. The van der Waals surface area contributed by atoms with Crippen LogP contribution >= 0.6 is 0 Å². The third-order valence-corrected chi connectivity index (χ3v) is 3.90. The fourth-order valence-corrected chi connectivity index (χ4v) is 2.88. The van der Waals surface area contributed by atoms with Crippen molar-refractivity contribution in [1.82, 2.24) is 5.32 Å². The van der Waals surface area contributed by atoms with Crippen LogP contribution in [0.2, 0.25) is 0 Å². The van der Waals surface area contributed by atoms with E-state index in [9.17, 15) is 14.4 Å². The third kappa shape index (κ3) is 1.72. The summed E-state index contributed by atoms with van der Waals surface area (Å²) >= 11 is 0. The molecule has 1 aromatic carbocycles. The van der Waals surface area contributed by atoms with E-state index in [2.05, 4.69) is 10.3 Å². The molecule has 0 saturated carbocycles. The average Bonchev–Trinajstić information content (AvgIpc) is 2.98. The van der Waals surface area contributed by atoms with E-state index >= 15 is 0 Å². The smallest absolute Gasteiger partial charge is 0.274 e. The van der Waals surface area contributed by atoms with Gasteiger partial charge in [-0.25, -0.2) is 4.99 Å². The summed E-state index contributed by atoms with van der Waals surface area (Å²) in [6, 6.07) is 9.44. The lowest BCUT2D eigenvalue weighted by Crippen LogP contribution is -2.25. The Balaban J connectivity index is 1.79. The van der Waals surface area contributed by atoms with Crippen molar-refractivity contribution in [3.05, 3.63) is 64.8 Å². The number of imide groups is 1. The van der Waals surface area contributed by atoms with Gasteiger partial charge in [-0.1, -0.05) is 42.5 Å². The van der Waals surface area contributed by atoms with Crippen LogP contribution in [0, 0.1) is 5.92 Å². The lowest BCUT2D eigenvalue weighted by molar-refractivity contribution is -0.124. The summed E-state index contributed by atoms with van der Waals surface area (Å²) in [4.78, 5) is 39.8. The zero-order chi connectivity index (χ0) is 15.3. The van der Waals surface area contributed by atoms with Crippen LogP contribution in [0.5, 0.6) is 0 Å².